The predicted molar refractivity (Wildman–Crippen MR) is 60.5 cm³/mol. The molecule has 0 aliphatic carbocycles. The highest BCUT2D eigenvalue weighted by molar-refractivity contribution is 7.91. The van der Waals surface area contributed by atoms with Gasteiger partial charge in [-0.25, -0.2) is 8.42 Å². The minimum Gasteiger partial charge on any atom is -0.468 e. The Labute approximate surface area is 95.1 Å². The van der Waals surface area contributed by atoms with Crippen molar-refractivity contribution < 1.29 is 12.8 Å². The monoisotopic (exact) mass is 244 g/mol. The number of furan rings is 1. The molecule has 1 aromatic rings. The first-order valence-electron chi connectivity index (χ1n) is 5.29. The molecule has 1 aliphatic rings. The second kappa shape index (κ2) is 4.57. The number of hydrogen-bond donors (Lipinski definition) is 1. The molecule has 16 heavy (non-hydrogen) atoms. The third-order valence-corrected chi connectivity index (χ3v) is 4.47. The smallest absolute Gasteiger partial charge is 0.152 e. The Morgan fingerprint density at radius 1 is 1.38 bits per heavy atom. The Bertz CT molecular complexity index is 438. The molecule has 6 heteroatoms. The van der Waals surface area contributed by atoms with Crippen molar-refractivity contribution in [2.24, 2.45) is 5.73 Å². The molecule has 90 valence electrons. The molecular weight excluding hydrogens is 228 g/mol. The SMILES string of the molecule is NCc1ccoc1CN1CCS(=O)(=O)CC1. The molecular formula is C10H16N2O3S. The van der Waals surface area contributed by atoms with Crippen molar-refractivity contribution in [3.8, 4) is 0 Å². The Hall–Kier alpha value is -0.850. The summed E-state index contributed by atoms with van der Waals surface area (Å²) in [6, 6.07) is 1.86. The van der Waals surface area contributed by atoms with Crippen LogP contribution in [-0.4, -0.2) is 37.9 Å². The van der Waals surface area contributed by atoms with Crippen LogP contribution in [0.15, 0.2) is 16.7 Å². The van der Waals surface area contributed by atoms with Crippen molar-refractivity contribution in [1.29, 1.82) is 0 Å². The Balaban J connectivity index is 1.97. The molecule has 5 nitrogen and oxygen atoms in total. The quantitative estimate of drug-likeness (QED) is 0.808. The van der Waals surface area contributed by atoms with Crippen molar-refractivity contribution >= 4 is 9.84 Å². The van der Waals surface area contributed by atoms with Crippen molar-refractivity contribution in [1.82, 2.24) is 4.90 Å². The summed E-state index contributed by atoms with van der Waals surface area (Å²) in [6.07, 6.45) is 1.62. The Morgan fingerprint density at radius 3 is 2.69 bits per heavy atom. The molecule has 1 aromatic heterocycles. The van der Waals surface area contributed by atoms with Gasteiger partial charge >= 0.3 is 0 Å². The van der Waals surface area contributed by atoms with Gasteiger partial charge in [0.05, 0.1) is 24.3 Å². The molecule has 1 fully saturated rings. The van der Waals surface area contributed by atoms with Crippen LogP contribution in [-0.2, 0) is 22.9 Å². The van der Waals surface area contributed by atoms with Crippen molar-refractivity contribution in [3.05, 3.63) is 23.7 Å². The largest absolute Gasteiger partial charge is 0.468 e. The fourth-order valence-electron chi connectivity index (χ4n) is 1.80. The fraction of sp³-hybridized carbons (Fsp3) is 0.600. The minimum absolute atomic E-state index is 0.242. The zero-order valence-electron chi connectivity index (χ0n) is 9.05. The average molecular weight is 244 g/mol. The lowest BCUT2D eigenvalue weighted by Gasteiger charge is -2.25. The van der Waals surface area contributed by atoms with Gasteiger partial charge in [-0.15, -0.1) is 0 Å². The van der Waals surface area contributed by atoms with Crippen molar-refractivity contribution in [3.63, 3.8) is 0 Å². The third-order valence-electron chi connectivity index (χ3n) is 2.86. The van der Waals surface area contributed by atoms with Crippen LogP contribution in [0.5, 0.6) is 0 Å². The van der Waals surface area contributed by atoms with E-state index in [-0.39, 0.29) is 11.5 Å². The van der Waals surface area contributed by atoms with Gasteiger partial charge in [0, 0.05) is 25.2 Å². The first-order valence-corrected chi connectivity index (χ1v) is 7.11. The van der Waals surface area contributed by atoms with Gasteiger partial charge in [0.25, 0.3) is 0 Å². The van der Waals surface area contributed by atoms with E-state index >= 15 is 0 Å². The van der Waals surface area contributed by atoms with Gasteiger partial charge in [0.1, 0.15) is 5.76 Å². The number of sulfone groups is 1. The van der Waals surface area contributed by atoms with E-state index in [9.17, 15) is 8.42 Å². The maximum Gasteiger partial charge on any atom is 0.152 e. The average Bonchev–Trinajstić information content (AvgIpc) is 2.68. The molecule has 1 saturated heterocycles. The molecule has 2 N–H and O–H groups in total. The molecule has 0 atom stereocenters. The molecule has 0 amide bonds. The third kappa shape index (κ3) is 2.63. The summed E-state index contributed by atoms with van der Waals surface area (Å²) in [6.45, 7) is 2.26. The van der Waals surface area contributed by atoms with Gasteiger partial charge in [-0.1, -0.05) is 0 Å². The summed E-state index contributed by atoms with van der Waals surface area (Å²) < 4.78 is 27.8. The summed E-state index contributed by atoms with van der Waals surface area (Å²) in [7, 11) is -2.81. The first kappa shape index (κ1) is 11.6. The summed E-state index contributed by atoms with van der Waals surface area (Å²) in [4.78, 5) is 2.08. The summed E-state index contributed by atoms with van der Waals surface area (Å²) >= 11 is 0. The van der Waals surface area contributed by atoms with E-state index in [2.05, 4.69) is 4.90 Å². The fourth-order valence-corrected chi connectivity index (χ4v) is 3.08. The summed E-state index contributed by atoms with van der Waals surface area (Å²) in [5.74, 6) is 1.33. The van der Waals surface area contributed by atoms with Gasteiger partial charge in [-0.3, -0.25) is 4.90 Å². The summed E-state index contributed by atoms with van der Waals surface area (Å²) in [5.41, 5.74) is 6.56. The highest BCUT2D eigenvalue weighted by Crippen LogP contribution is 2.14. The van der Waals surface area contributed by atoms with Gasteiger partial charge in [0.2, 0.25) is 0 Å². The minimum atomic E-state index is -2.81. The second-order valence-electron chi connectivity index (χ2n) is 4.00. The maximum atomic E-state index is 11.3. The van der Waals surface area contributed by atoms with Gasteiger partial charge in [0.15, 0.2) is 9.84 Å². The highest BCUT2D eigenvalue weighted by atomic mass is 32.2. The second-order valence-corrected chi connectivity index (χ2v) is 6.30. The molecule has 0 spiro atoms. The van der Waals surface area contributed by atoms with E-state index in [4.69, 9.17) is 10.2 Å². The number of hydrogen-bond acceptors (Lipinski definition) is 5. The lowest BCUT2D eigenvalue weighted by Crippen LogP contribution is -2.39. The zero-order valence-corrected chi connectivity index (χ0v) is 9.87. The lowest BCUT2D eigenvalue weighted by atomic mass is 10.2. The normalized spacial score (nSPS) is 21.1. The lowest BCUT2D eigenvalue weighted by molar-refractivity contribution is 0.261. The Kier molecular flexibility index (Phi) is 3.32. The molecule has 0 radical (unpaired) electrons. The van der Waals surface area contributed by atoms with Crippen LogP contribution in [0.2, 0.25) is 0 Å². The van der Waals surface area contributed by atoms with E-state index in [1.54, 1.807) is 6.26 Å². The molecule has 2 heterocycles. The van der Waals surface area contributed by atoms with Crippen LogP contribution in [0, 0.1) is 0 Å². The van der Waals surface area contributed by atoms with Crippen LogP contribution in [0.4, 0.5) is 0 Å². The van der Waals surface area contributed by atoms with Gasteiger partial charge in [-0.2, -0.15) is 0 Å². The molecule has 0 saturated carbocycles. The highest BCUT2D eigenvalue weighted by Gasteiger charge is 2.22. The summed E-state index contributed by atoms with van der Waals surface area (Å²) in [5, 5.41) is 0. The van der Waals surface area contributed by atoms with Gasteiger partial charge < -0.3 is 10.2 Å². The standard InChI is InChI=1S/C10H16N2O3S/c11-7-9-1-4-15-10(9)8-12-2-5-16(13,14)6-3-12/h1,4H,2-3,5-8,11H2. The van der Waals surface area contributed by atoms with E-state index in [0.29, 0.717) is 26.2 Å². The zero-order chi connectivity index (χ0) is 11.6. The molecule has 0 unspecified atom stereocenters. The molecule has 0 bridgehead atoms. The molecule has 1 aliphatic heterocycles. The number of rotatable bonds is 3. The topological polar surface area (TPSA) is 76.5 Å². The number of nitrogens with zero attached hydrogens (tertiary/aromatic N) is 1. The van der Waals surface area contributed by atoms with E-state index < -0.39 is 9.84 Å². The predicted octanol–water partition coefficient (Wildman–Crippen LogP) is -0.0313. The van der Waals surface area contributed by atoms with Crippen molar-refractivity contribution in [2.75, 3.05) is 24.6 Å². The molecule has 0 aromatic carbocycles. The van der Waals surface area contributed by atoms with Crippen LogP contribution in [0.1, 0.15) is 11.3 Å². The molecule has 2 rings (SSSR count). The van der Waals surface area contributed by atoms with Crippen LogP contribution >= 0.6 is 0 Å². The first-order chi connectivity index (χ1) is 7.61. The van der Waals surface area contributed by atoms with Crippen LogP contribution in [0.3, 0.4) is 0 Å². The van der Waals surface area contributed by atoms with Crippen LogP contribution in [0.25, 0.3) is 0 Å². The maximum absolute atomic E-state index is 11.3. The van der Waals surface area contributed by atoms with Crippen molar-refractivity contribution in [2.45, 2.75) is 13.1 Å². The van der Waals surface area contributed by atoms with Crippen LogP contribution < -0.4 is 5.73 Å². The van der Waals surface area contributed by atoms with E-state index in [1.807, 2.05) is 6.07 Å². The Morgan fingerprint density at radius 2 is 2.06 bits per heavy atom. The van der Waals surface area contributed by atoms with Gasteiger partial charge in [-0.05, 0) is 6.07 Å². The van der Waals surface area contributed by atoms with E-state index in [1.165, 1.54) is 0 Å². The number of nitrogens with two attached hydrogens (primary N) is 1. The van der Waals surface area contributed by atoms with E-state index in [0.717, 1.165) is 11.3 Å².